The van der Waals surface area contributed by atoms with Crippen LogP contribution in [-0.2, 0) is 4.79 Å². The quantitative estimate of drug-likeness (QED) is 0.321. The normalized spacial score (nSPS) is 11.0. The van der Waals surface area contributed by atoms with Crippen molar-refractivity contribution < 1.29 is 4.79 Å². The molecule has 0 aliphatic rings. The van der Waals surface area contributed by atoms with E-state index in [1.165, 1.54) is 27.7 Å². The molecule has 5 nitrogen and oxygen atoms in total. The second-order valence-corrected chi connectivity index (χ2v) is 9.10. The number of carbonyl (C=O) groups is 1. The van der Waals surface area contributed by atoms with Crippen LogP contribution >= 0.6 is 34.7 Å². The Balaban J connectivity index is 1.64. The van der Waals surface area contributed by atoms with E-state index < -0.39 is 0 Å². The molecule has 152 valence electrons. The van der Waals surface area contributed by atoms with Crippen molar-refractivity contribution in [2.75, 3.05) is 11.1 Å². The second-order valence-electron chi connectivity index (χ2n) is 6.80. The van der Waals surface area contributed by atoms with Gasteiger partial charge in [0.05, 0.1) is 17.0 Å². The molecule has 4 rings (SSSR count). The van der Waals surface area contributed by atoms with E-state index in [0.29, 0.717) is 26.1 Å². The van der Waals surface area contributed by atoms with Crippen molar-refractivity contribution in [3.63, 3.8) is 0 Å². The van der Waals surface area contributed by atoms with Crippen LogP contribution in [0.15, 0.2) is 63.9 Å². The third-order valence-corrected chi connectivity index (χ3v) is 6.62. The first-order valence-electron chi connectivity index (χ1n) is 9.18. The van der Waals surface area contributed by atoms with Gasteiger partial charge in [0.25, 0.3) is 5.56 Å². The van der Waals surface area contributed by atoms with Crippen LogP contribution in [-0.4, -0.2) is 21.2 Å². The minimum atomic E-state index is -0.158. The maximum atomic E-state index is 13.1. The predicted octanol–water partition coefficient (Wildman–Crippen LogP) is 5.45. The maximum absolute atomic E-state index is 13.1. The van der Waals surface area contributed by atoms with E-state index in [0.717, 1.165) is 16.8 Å². The van der Waals surface area contributed by atoms with Gasteiger partial charge in [0.15, 0.2) is 5.16 Å². The highest BCUT2D eigenvalue weighted by molar-refractivity contribution is 7.99. The zero-order valence-electron chi connectivity index (χ0n) is 16.3. The molecular weight excluding hydrogens is 438 g/mol. The molecule has 8 heteroatoms. The van der Waals surface area contributed by atoms with Crippen LogP contribution in [0.2, 0.25) is 5.02 Å². The van der Waals surface area contributed by atoms with Gasteiger partial charge in [-0.2, -0.15) is 0 Å². The lowest BCUT2D eigenvalue weighted by atomic mass is 10.1. The van der Waals surface area contributed by atoms with Crippen molar-refractivity contribution in [2.45, 2.75) is 19.0 Å². The monoisotopic (exact) mass is 455 g/mol. The molecule has 2 aromatic heterocycles. The molecule has 0 fully saturated rings. The van der Waals surface area contributed by atoms with E-state index in [-0.39, 0.29) is 17.2 Å². The van der Waals surface area contributed by atoms with E-state index in [1.54, 1.807) is 24.3 Å². The number of aromatic nitrogens is 2. The number of amides is 1. The third-order valence-electron chi connectivity index (χ3n) is 4.53. The van der Waals surface area contributed by atoms with Gasteiger partial charge in [0.1, 0.15) is 4.70 Å². The number of carbonyl (C=O) groups excluding carboxylic acids is 1. The Kier molecular flexibility index (Phi) is 5.94. The minimum absolute atomic E-state index is 0.128. The highest BCUT2D eigenvalue weighted by Crippen LogP contribution is 2.25. The molecule has 0 bridgehead atoms. The Bertz CT molecular complexity index is 1300. The number of thioether (sulfide) groups is 1. The number of nitrogens with zero attached hydrogens (tertiary/aromatic N) is 2. The van der Waals surface area contributed by atoms with Crippen LogP contribution in [0.3, 0.4) is 0 Å². The van der Waals surface area contributed by atoms with E-state index >= 15 is 0 Å². The Morgan fingerprint density at radius 3 is 2.70 bits per heavy atom. The second kappa shape index (κ2) is 8.63. The number of nitrogens with one attached hydrogen (secondary N) is 1. The molecule has 2 heterocycles. The summed E-state index contributed by atoms with van der Waals surface area (Å²) in [7, 11) is 0. The SMILES string of the molecule is Cc1ccc(C)c(NC(=O)CSc2nc3ccsc3c(=O)n2-c2ccc(Cl)cc2)c1. The topological polar surface area (TPSA) is 64.0 Å². The van der Waals surface area contributed by atoms with Crippen molar-refractivity contribution in [3.05, 3.63) is 80.4 Å². The fourth-order valence-electron chi connectivity index (χ4n) is 2.99. The predicted molar refractivity (Wildman–Crippen MR) is 125 cm³/mol. The van der Waals surface area contributed by atoms with Gasteiger partial charge in [-0.05, 0) is 66.8 Å². The summed E-state index contributed by atoms with van der Waals surface area (Å²) in [5, 5.41) is 5.83. The Hall–Kier alpha value is -2.61. The van der Waals surface area contributed by atoms with Gasteiger partial charge in [0, 0.05) is 10.7 Å². The smallest absolute Gasteiger partial charge is 0.276 e. The first-order chi connectivity index (χ1) is 14.4. The molecule has 0 radical (unpaired) electrons. The molecule has 0 saturated carbocycles. The zero-order valence-corrected chi connectivity index (χ0v) is 18.7. The number of fused-ring (bicyclic) bond motifs is 1. The van der Waals surface area contributed by atoms with Crippen molar-refractivity contribution in [1.82, 2.24) is 9.55 Å². The van der Waals surface area contributed by atoms with Crippen LogP contribution < -0.4 is 10.9 Å². The number of rotatable bonds is 5. The number of aryl methyl sites for hydroxylation is 2. The highest BCUT2D eigenvalue weighted by Gasteiger charge is 2.16. The third kappa shape index (κ3) is 4.28. The lowest BCUT2D eigenvalue weighted by Gasteiger charge is -2.13. The first-order valence-corrected chi connectivity index (χ1v) is 11.4. The van der Waals surface area contributed by atoms with Crippen molar-refractivity contribution >= 4 is 56.5 Å². The summed E-state index contributed by atoms with van der Waals surface area (Å²) in [6.07, 6.45) is 0. The Morgan fingerprint density at radius 1 is 1.17 bits per heavy atom. The number of benzene rings is 2. The minimum Gasteiger partial charge on any atom is -0.325 e. The van der Waals surface area contributed by atoms with Gasteiger partial charge in [-0.25, -0.2) is 4.98 Å². The molecule has 4 aromatic rings. The van der Waals surface area contributed by atoms with Gasteiger partial charge >= 0.3 is 0 Å². The summed E-state index contributed by atoms with van der Waals surface area (Å²) in [6, 6.07) is 14.7. The number of halogens is 1. The van der Waals surface area contributed by atoms with Crippen molar-refractivity contribution in [3.8, 4) is 5.69 Å². The lowest BCUT2D eigenvalue weighted by Crippen LogP contribution is -2.22. The van der Waals surface area contributed by atoms with E-state index in [9.17, 15) is 9.59 Å². The van der Waals surface area contributed by atoms with Crippen LogP contribution in [0.5, 0.6) is 0 Å². The van der Waals surface area contributed by atoms with E-state index in [2.05, 4.69) is 10.3 Å². The van der Waals surface area contributed by atoms with Crippen LogP contribution in [0.4, 0.5) is 5.69 Å². The van der Waals surface area contributed by atoms with E-state index in [4.69, 9.17) is 11.6 Å². The summed E-state index contributed by atoms with van der Waals surface area (Å²) >= 11 is 8.58. The summed E-state index contributed by atoms with van der Waals surface area (Å²) in [5.41, 5.74) is 3.99. The lowest BCUT2D eigenvalue weighted by molar-refractivity contribution is -0.113. The average molecular weight is 456 g/mol. The van der Waals surface area contributed by atoms with Crippen molar-refractivity contribution in [2.24, 2.45) is 0 Å². The summed E-state index contributed by atoms with van der Waals surface area (Å²) in [5.74, 6) is -0.0284. The fourth-order valence-corrected chi connectivity index (χ4v) is 4.69. The molecule has 0 aliphatic heterocycles. The molecule has 0 saturated heterocycles. The van der Waals surface area contributed by atoms with Gasteiger partial charge in [-0.15, -0.1) is 11.3 Å². The molecule has 1 amide bonds. The Labute approximate surface area is 186 Å². The molecular formula is C22H18ClN3O2S2. The fraction of sp³-hybridized carbons (Fsp3) is 0.136. The molecule has 30 heavy (non-hydrogen) atoms. The van der Waals surface area contributed by atoms with Gasteiger partial charge in [0.2, 0.25) is 5.91 Å². The Morgan fingerprint density at radius 2 is 1.93 bits per heavy atom. The summed E-state index contributed by atoms with van der Waals surface area (Å²) in [4.78, 5) is 30.3. The van der Waals surface area contributed by atoms with Crippen LogP contribution in [0.25, 0.3) is 15.9 Å². The zero-order chi connectivity index (χ0) is 21.3. The largest absolute Gasteiger partial charge is 0.325 e. The maximum Gasteiger partial charge on any atom is 0.276 e. The number of hydrogen-bond donors (Lipinski definition) is 1. The number of anilines is 1. The molecule has 0 atom stereocenters. The molecule has 2 aromatic carbocycles. The van der Waals surface area contributed by atoms with E-state index in [1.807, 2.05) is 43.5 Å². The van der Waals surface area contributed by atoms with Gasteiger partial charge in [-0.1, -0.05) is 35.5 Å². The molecule has 0 aliphatic carbocycles. The summed E-state index contributed by atoms with van der Waals surface area (Å²) < 4.78 is 2.11. The average Bonchev–Trinajstić information content (AvgIpc) is 3.19. The number of thiophene rings is 1. The van der Waals surface area contributed by atoms with Crippen LogP contribution in [0, 0.1) is 13.8 Å². The molecule has 0 spiro atoms. The summed E-state index contributed by atoms with van der Waals surface area (Å²) in [6.45, 7) is 3.93. The van der Waals surface area contributed by atoms with Crippen LogP contribution in [0.1, 0.15) is 11.1 Å². The molecule has 1 N–H and O–H groups in total. The first kappa shape index (κ1) is 20.7. The standard InChI is InChI=1S/C22H18ClN3O2S2/c1-13-3-4-14(2)18(11-13)24-19(27)12-30-22-25-17-9-10-29-20(17)21(28)26(22)16-7-5-15(23)6-8-16/h3-11H,12H2,1-2H3,(H,24,27). The molecule has 0 unspecified atom stereocenters. The van der Waals surface area contributed by atoms with Gasteiger partial charge in [-0.3, -0.25) is 14.2 Å². The highest BCUT2D eigenvalue weighted by atomic mass is 35.5. The van der Waals surface area contributed by atoms with Crippen molar-refractivity contribution in [1.29, 1.82) is 0 Å². The number of hydrogen-bond acceptors (Lipinski definition) is 5. The van der Waals surface area contributed by atoms with Gasteiger partial charge < -0.3 is 5.32 Å².